The zero-order valence-electron chi connectivity index (χ0n) is 23.5. The number of nitrogens with zero attached hydrogens (tertiary/aromatic N) is 4. The van der Waals surface area contributed by atoms with Crippen LogP contribution in [0.2, 0.25) is 10.0 Å². The molecular formula is C32H32Cl2N6OS. The van der Waals surface area contributed by atoms with Crippen molar-refractivity contribution in [1.82, 2.24) is 25.1 Å². The summed E-state index contributed by atoms with van der Waals surface area (Å²) in [5.41, 5.74) is 3.70. The molecule has 42 heavy (non-hydrogen) atoms. The number of hydrogen-bond donors (Lipinski definition) is 2. The molecule has 216 valence electrons. The second-order valence-electron chi connectivity index (χ2n) is 10.6. The fourth-order valence-corrected chi connectivity index (χ4v) is 5.16. The van der Waals surface area contributed by atoms with E-state index in [1.807, 2.05) is 77.9 Å². The van der Waals surface area contributed by atoms with Crippen LogP contribution in [0.5, 0.6) is 0 Å². The second kappa shape index (κ2) is 14.3. The third-order valence-electron chi connectivity index (χ3n) is 6.61. The molecule has 0 radical (unpaired) electrons. The average molecular weight is 620 g/mol. The van der Waals surface area contributed by atoms with E-state index in [4.69, 9.17) is 40.7 Å². The van der Waals surface area contributed by atoms with Crippen molar-refractivity contribution in [3.05, 3.63) is 123 Å². The Morgan fingerprint density at radius 3 is 2.50 bits per heavy atom. The molecule has 1 heterocycles. The molecule has 4 aromatic rings. The number of amides is 1. The predicted octanol–water partition coefficient (Wildman–Crippen LogP) is 6.12. The summed E-state index contributed by atoms with van der Waals surface area (Å²) in [7, 11) is 0. The molecule has 0 bridgehead atoms. The third kappa shape index (κ3) is 8.80. The van der Waals surface area contributed by atoms with Gasteiger partial charge in [-0.1, -0.05) is 77.8 Å². The minimum atomic E-state index is -0.640. The van der Waals surface area contributed by atoms with E-state index < -0.39 is 5.54 Å². The van der Waals surface area contributed by atoms with Crippen LogP contribution in [0.1, 0.15) is 41.8 Å². The van der Waals surface area contributed by atoms with Gasteiger partial charge >= 0.3 is 0 Å². The summed E-state index contributed by atoms with van der Waals surface area (Å²) in [4.78, 5) is 19.5. The Kier molecular flexibility index (Phi) is 10.6. The van der Waals surface area contributed by atoms with E-state index in [1.165, 1.54) is 0 Å². The number of hydrogen-bond acceptors (Lipinski definition) is 4. The number of carbonyl (C=O) groups excluding carboxylic acids is 1. The predicted molar refractivity (Wildman–Crippen MR) is 171 cm³/mol. The number of imidazole rings is 1. The first-order chi connectivity index (χ1) is 20.1. The molecule has 7 nitrogen and oxygen atoms in total. The van der Waals surface area contributed by atoms with Crippen molar-refractivity contribution in [3.63, 3.8) is 0 Å². The molecule has 0 fully saturated rings. The molecule has 0 aliphatic carbocycles. The van der Waals surface area contributed by atoms with E-state index in [1.54, 1.807) is 30.7 Å². The maximum Gasteiger partial charge on any atom is 0.226 e. The lowest BCUT2D eigenvalue weighted by Gasteiger charge is -2.35. The average Bonchev–Trinajstić information content (AvgIpc) is 3.40. The summed E-state index contributed by atoms with van der Waals surface area (Å²) in [6.45, 7) is 5.88. The molecule has 2 N–H and O–H groups in total. The maximum absolute atomic E-state index is 13.2. The number of aromatic nitrogens is 2. The van der Waals surface area contributed by atoms with Gasteiger partial charge in [-0.05, 0) is 61.0 Å². The second-order valence-corrected chi connectivity index (χ2v) is 11.8. The zero-order chi connectivity index (χ0) is 30.1. The monoisotopic (exact) mass is 618 g/mol. The number of halogens is 2. The van der Waals surface area contributed by atoms with Gasteiger partial charge in [-0.15, -0.1) is 0 Å². The van der Waals surface area contributed by atoms with Crippen LogP contribution in [0, 0.1) is 11.3 Å². The van der Waals surface area contributed by atoms with Crippen molar-refractivity contribution < 1.29 is 4.79 Å². The van der Waals surface area contributed by atoms with Gasteiger partial charge in [-0.2, -0.15) is 5.26 Å². The van der Waals surface area contributed by atoms with Crippen molar-refractivity contribution in [2.75, 3.05) is 6.54 Å². The van der Waals surface area contributed by atoms with Gasteiger partial charge in [0.05, 0.1) is 40.0 Å². The molecule has 0 aliphatic rings. The molecule has 0 atom stereocenters. The Bertz CT molecular complexity index is 1560. The van der Waals surface area contributed by atoms with Gasteiger partial charge in [-0.3, -0.25) is 4.79 Å². The molecule has 1 amide bonds. The molecule has 0 saturated carbocycles. The highest BCUT2D eigenvalue weighted by Crippen LogP contribution is 2.27. The number of nitrogens with one attached hydrogen (secondary N) is 2. The van der Waals surface area contributed by atoms with Crippen LogP contribution in [-0.4, -0.2) is 37.6 Å². The van der Waals surface area contributed by atoms with E-state index in [-0.39, 0.29) is 12.3 Å². The summed E-state index contributed by atoms with van der Waals surface area (Å²) >= 11 is 18.6. The van der Waals surface area contributed by atoms with Gasteiger partial charge in [-0.25, -0.2) is 4.98 Å². The summed E-state index contributed by atoms with van der Waals surface area (Å²) < 4.78 is 1.93. The van der Waals surface area contributed by atoms with Crippen LogP contribution >= 0.6 is 35.4 Å². The van der Waals surface area contributed by atoms with Crippen LogP contribution in [0.25, 0.3) is 0 Å². The highest BCUT2D eigenvalue weighted by Gasteiger charge is 2.26. The molecule has 10 heteroatoms. The van der Waals surface area contributed by atoms with Crippen LogP contribution in [0.15, 0.2) is 85.3 Å². The van der Waals surface area contributed by atoms with Crippen molar-refractivity contribution in [3.8, 4) is 6.07 Å². The van der Waals surface area contributed by atoms with Gasteiger partial charge < -0.3 is 20.1 Å². The molecule has 3 aromatic carbocycles. The summed E-state index contributed by atoms with van der Waals surface area (Å²) in [5.74, 6) is -0.134. The lowest BCUT2D eigenvalue weighted by molar-refractivity contribution is -0.122. The molecule has 0 unspecified atom stereocenters. The standard InChI is InChI=1S/C32H32Cl2N6OS/c1-32(2,38-29(41)15-27-18-36-22-40(27)19-25-13-11-23(16-35)12-14-25)21-39(20-26-9-6-10-28(33)30(26)34)31(42)37-17-24-7-4-3-5-8-24/h3-14,18,22H,15,17,19-21H2,1-2H3,(H,37,42)(H,38,41). The Morgan fingerprint density at radius 2 is 1.79 bits per heavy atom. The minimum Gasteiger partial charge on any atom is -0.358 e. The Morgan fingerprint density at radius 1 is 1.05 bits per heavy atom. The van der Waals surface area contributed by atoms with Crippen molar-refractivity contribution in [2.24, 2.45) is 0 Å². The number of carbonyl (C=O) groups is 1. The quantitative estimate of drug-likeness (QED) is 0.197. The van der Waals surface area contributed by atoms with Crippen LogP contribution in [0.3, 0.4) is 0 Å². The summed E-state index contributed by atoms with van der Waals surface area (Å²) in [6.07, 6.45) is 3.57. The molecular weight excluding hydrogens is 587 g/mol. The summed E-state index contributed by atoms with van der Waals surface area (Å²) in [6, 6.07) is 25.0. The van der Waals surface area contributed by atoms with Crippen molar-refractivity contribution >= 4 is 46.4 Å². The zero-order valence-corrected chi connectivity index (χ0v) is 25.8. The highest BCUT2D eigenvalue weighted by molar-refractivity contribution is 7.80. The van der Waals surface area contributed by atoms with E-state index in [9.17, 15) is 4.79 Å². The van der Waals surface area contributed by atoms with Gasteiger partial charge in [0.2, 0.25) is 5.91 Å². The van der Waals surface area contributed by atoms with Crippen LogP contribution < -0.4 is 10.6 Å². The SMILES string of the molecule is CC(C)(CN(Cc1cccc(Cl)c1Cl)C(=S)NCc1ccccc1)NC(=O)Cc1cncn1Cc1ccc(C#N)cc1. The molecule has 0 saturated heterocycles. The van der Waals surface area contributed by atoms with E-state index in [2.05, 4.69) is 21.7 Å². The topological polar surface area (TPSA) is 86.0 Å². The fraction of sp³-hybridized carbons (Fsp3) is 0.250. The number of rotatable bonds is 11. The third-order valence-corrected chi connectivity index (χ3v) is 7.87. The Balaban J connectivity index is 1.43. The first-order valence-corrected chi connectivity index (χ1v) is 14.6. The van der Waals surface area contributed by atoms with Gasteiger partial charge in [0.1, 0.15) is 0 Å². The smallest absolute Gasteiger partial charge is 0.226 e. The largest absolute Gasteiger partial charge is 0.358 e. The molecule has 4 rings (SSSR count). The fourth-order valence-electron chi connectivity index (χ4n) is 4.58. The summed E-state index contributed by atoms with van der Waals surface area (Å²) in [5, 5.41) is 17.0. The highest BCUT2D eigenvalue weighted by atomic mass is 35.5. The van der Waals surface area contributed by atoms with Crippen molar-refractivity contribution in [2.45, 2.75) is 45.4 Å². The molecule has 0 spiro atoms. The van der Waals surface area contributed by atoms with Crippen molar-refractivity contribution in [1.29, 1.82) is 5.26 Å². The number of thiocarbonyl (C=S) groups is 1. The maximum atomic E-state index is 13.2. The first kappa shape index (κ1) is 31.0. The minimum absolute atomic E-state index is 0.134. The lowest BCUT2D eigenvalue weighted by Crippen LogP contribution is -2.54. The van der Waals surface area contributed by atoms with E-state index >= 15 is 0 Å². The first-order valence-electron chi connectivity index (χ1n) is 13.4. The van der Waals surface area contributed by atoms with E-state index in [0.717, 1.165) is 22.4 Å². The number of nitriles is 1. The van der Waals surface area contributed by atoms with E-state index in [0.29, 0.717) is 46.9 Å². The Labute approximate surface area is 262 Å². The molecule has 1 aromatic heterocycles. The molecule has 0 aliphatic heterocycles. The normalized spacial score (nSPS) is 11.0. The lowest BCUT2D eigenvalue weighted by atomic mass is 10.0. The van der Waals surface area contributed by atoms with Crippen LogP contribution in [-0.2, 0) is 30.8 Å². The van der Waals surface area contributed by atoms with Gasteiger partial charge in [0, 0.05) is 38.1 Å². The van der Waals surface area contributed by atoms with Crippen LogP contribution in [0.4, 0.5) is 0 Å². The Hall–Kier alpha value is -3.90. The van der Waals surface area contributed by atoms with Gasteiger partial charge in [0.25, 0.3) is 0 Å². The number of benzene rings is 3. The van der Waals surface area contributed by atoms with Gasteiger partial charge in [0.15, 0.2) is 5.11 Å².